The Kier molecular flexibility index (Phi) is 14.6. The van der Waals surface area contributed by atoms with E-state index in [1.807, 2.05) is 0 Å². The lowest BCUT2D eigenvalue weighted by atomic mass is 9.54. The normalized spacial score (nSPS) is 24.5. The minimum Gasteiger partial charge on any atom is -0.392 e. The molecular weight excluding hydrogens is 432 g/mol. The second kappa shape index (κ2) is 16.8. The summed E-state index contributed by atoms with van der Waals surface area (Å²) in [5.41, 5.74) is -1.13. The number of rotatable bonds is 18. The third-order valence-electron chi connectivity index (χ3n) is 9.29. The van der Waals surface area contributed by atoms with Crippen molar-refractivity contribution < 1.29 is 14.3 Å². The van der Waals surface area contributed by atoms with Crippen LogP contribution in [0.25, 0.3) is 0 Å². The van der Waals surface area contributed by atoms with Crippen molar-refractivity contribution >= 4 is 11.9 Å². The van der Waals surface area contributed by atoms with E-state index in [9.17, 15) is 9.59 Å². The first-order chi connectivity index (χ1) is 17.0. The van der Waals surface area contributed by atoms with Crippen molar-refractivity contribution in [1.82, 2.24) is 0 Å². The Hall–Kier alpha value is -0.860. The molecule has 2 fully saturated rings. The van der Waals surface area contributed by atoms with Crippen molar-refractivity contribution in [3.05, 3.63) is 0 Å². The van der Waals surface area contributed by atoms with Crippen LogP contribution in [0.5, 0.6) is 0 Å². The molecule has 1 saturated heterocycles. The van der Waals surface area contributed by atoms with Crippen LogP contribution in [-0.4, -0.2) is 11.9 Å². The third-order valence-corrected chi connectivity index (χ3v) is 9.29. The SMILES string of the molecule is CCCCCCCCCCC1(CCCCCCCCCC)C(=O)OC(=O)C12CCCCCC(C)C2. The van der Waals surface area contributed by atoms with Crippen LogP contribution in [-0.2, 0) is 14.3 Å². The summed E-state index contributed by atoms with van der Waals surface area (Å²) in [6.07, 6.45) is 28.3. The van der Waals surface area contributed by atoms with Crippen LogP contribution in [0.15, 0.2) is 0 Å². The van der Waals surface area contributed by atoms with Gasteiger partial charge in [0.05, 0.1) is 10.8 Å². The van der Waals surface area contributed by atoms with E-state index in [4.69, 9.17) is 4.74 Å². The van der Waals surface area contributed by atoms with Crippen molar-refractivity contribution in [1.29, 1.82) is 0 Å². The van der Waals surface area contributed by atoms with E-state index < -0.39 is 10.8 Å². The molecule has 0 amide bonds. The Balaban J connectivity index is 2.03. The van der Waals surface area contributed by atoms with Crippen molar-refractivity contribution in [2.24, 2.45) is 16.7 Å². The van der Waals surface area contributed by atoms with Gasteiger partial charge in [0, 0.05) is 0 Å². The molecule has 0 bridgehead atoms. The van der Waals surface area contributed by atoms with Crippen LogP contribution in [0.1, 0.15) is 175 Å². The van der Waals surface area contributed by atoms with Crippen molar-refractivity contribution in [3.63, 3.8) is 0 Å². The monoisotopic (exact) mass is 490 g/mol. The van der Waals surface area contributed by atoms with Crippen molar-refractivity contribution in [2.75, 3.05) is 0 Å². The molecule has 0 radical (unpaired) electrons. The maximum Gasteiger partial charge on any atom is 0.320 e. The average molecular weight is 491 g/mol. The van der Waals surface area contributed by atoms with Crippen molar-refractivity contribution in [2.45, 2.75) is 175 Å². The van der Waals surface area contributed by atoms with E-state index in [1.54, 1.807) is 0 Å². The summed E-state index contributed by atoms with van der Waals surface area (Å²) in [5, 5.41) is 0. The van der Waals surface area contributed by atoms with E-state index >= 15 is 0 Å². The number of cyclic esters (lactones) is 2. The summed E-state index contributed by atoms with van der Waals surface area (Å²) < 4.78 is 5.58. The Morgan fingerprint density at radius 3 is 1.66 bits per heavy atom. The van der Waals surface area contributed by atoms with Crippen LogP contribution in [0.4, 0.5) is 0 Å². The molecule has 1 saturated carbocycles. The zero-order chi connectivity index (χ0) is 25.4. The van der Waals surface area contributed by atoms with E-state index in [2.05, 4.69) is 20.8 Å². The molecule has 1 aliphatic carbocycles. The number of hydrogen-bond acceptors (Lipinski definition) is 3. The number of unbranched alkanes of at least 4 members (excludes halogenated alkanes) is 14. The quantitative estimate of drug-likeness (QED) is 0.109. The predicted octanol–water partition coefficient (Wildman–Crippen LogP) is 10.1. The van der Waals surface area contributed by atoms with Gasteiger partial charge < -0.3 is 4.74 Å². The molecule has 2 atom stereocenters. The summed E-state index contributed by atoms with van der Waals surface area (Å²) >= 11 is 0. The fourth-order valence-corrected chi connectivity index (χ4v) is 7.11. The average Bonchev–Trinajstić information content (AvgIpc) is 3.02. The molecule has 0 aromatic heterocycles. The van der Waals surface area contributed by atoms with Crippen LogP contribution in [0.3, 0.4) is 0 Å². The van der Waals surface area contributed by atoms with Crippen LogP contribution in [0.2, 0.25) is 0 Å². The minimum atomic E-state index is -0.569. The Morgan fingerprint density at radius 2 is 1.14 bits per heavy atom. The summed E-state index contributed by atoms with van der Waals surface area (Å²) in [6, 6.07) is 0. The van der Waals surface area contributed by atoms with E-state index in [0.29, 0.717) is 5.92 Å². The lowest BCUT2D eigenvalue weighted by Gasteiger charge is -2.43. The van der Waals surface area contributed by atoms with Gasteiger partial charge in [-0.2, -0.15) is 0 Å². The molecular formula is C32H58O3. The second-order valence-corrected chi connectivity index (χ2v) is 12.2. The summed E-state index contributed by atoms with van der Waals surface area (Å²) in [5.74, 6) is 0.154. The van der Waals surface area contributed by atoms with Gasteiger partial charge in [-0.1, -0.05) is 149 Å². The molecule has 1 spiro atoms. The molecule has 1 aliphatic heterocycles. The maximum atomic E-state index is 13.5. The largest absolute Gasteiger partial charge is 0.392 e. The zero-order valence-electron chi connectivity index (χ0n) is 23.8. The number of esters is 2. The van der Waals surface area contributed by atoms with E-state index in [-0.39, 0.29) is 11.9 Å². The standard InChI is InChI=1S/C32H58O3/c1-4-6-8-10-12-14-16-20-24-31(25-21-17-15-13-11-9-7-5-2)29(33)35-30(34)32(31)26-22-18-19-23-28(3)27-32/h28H,4-27H2,1-3H3. The van der Waals surface area contributed by atoms with Crippen LogP contribution >= 0.6 is 0 Å². The topological polar surface area (TPSA) is 43.4 Å². The highest BCUT2D eigenvalue weighted by Gasteiger charge is 2.66. The van der Waals surface area contributed by atoms with Gasteiger partial charge in [-0.25, -0.2) is 0 Å². The predicted molar refractivity (Wildman–Crippen MR) is 147 cm³/mol. The zero-order valence-corrected chi connectivity index (χ0v) is 23.8. The summed E-state index contributed by atoms with van der Waals surface area (Å²) in [4.78, 5) is 26.9. The smallest absolute Gasteiger partial charge is 0.320 e. The summed E-state index contributed by atoms with van der Waals surface area (Å²) in [6.45, 7) is 6.82. The molecule has 0 aromatic carbocycles. The Morgan fingerprint density at radius 1 is 0.657 bits per heavy atom. The Bertz CT molecular complexity index is 578. The van der Waals surface area contributed by atoms with Crippen LogP contribution in [0, 0.1) is 16.7 Å². The number of hydrogen-bond donors (Lipinski definition) is 0. The molecule has 0 aromatic rings. The van der Waals surface area contributed by atoms with Gasteiger partial charge >= 0.3 is 11.9 Å². The van der Waals surface area contributed by atoms with Gasteiger partial charge in [-0.15, -0.1) is 0 Å². The number of ether oxygens (including phenoxy) is 1. The minimum absolute atomic E-state index is 0.166. The third kappa shape index (κ3) is 8.89. The molecule has 2 unspecified atom stereocenters. The molecule has 3 heteroatoms. The molecule has 3 nitrogen and oxygen atoms in total. The molecule has 0 N–H and O–H groups in total. The van der Waals surface area contributed by atoms with Gasteiger partial charge in [-0.05, 0) is 31.6 Å². The second-order valence-electron chi connectivity index (χ2n) is 12.2. The van der Waals surface area contributed by atoms with Crippen LogP contribution < -0.4 is 0 Å². The lowest BCUT2D eigenvalue weighted by molar-refractivity contribution is -0.156. The van der Waals surface area contributed by atoms with Gasteiger partial charge in [0.15, 0.2) is 0 Å². The van der Waals surface area contributed by atoms with Crippen molar-refractivity contribution in [3.8, 4) is 0 Å². The van der Waals surface area contributed by atoms with Gasteiger partial charge in [-0.3, -0.25) is 9.59 Å². The number of carbonyl (C=O) groups excluding carboxylic acids is 2. The highest BCUT2D eigenvalue weighted by molar-refractivity contribution is 6.01. The first kappa shape index (κ1) is 30.4. The number of carbonyl (C=O) groups is 2. The maximum absolute atomic E-state index is 13.5. The molecule has 204 valence electrons. The van der Waals surface area contributed by atoms with Gasteiger partial charge in [0.1, 0.15) is 0 Å². The fraction of sp³-hybridized carbons (Fsp3) is 0.938. The molecule has 2 rings (SSSR count). The first-order valence-electron chi connectivity index (χ1n) is 15.8. The van der Waals surface area contributed by atoms with E-state index in [0.717, 1.165) is 44.9 Å². The summed E-state index contributed by atoms with van der Waals surface area (Å²) in [7, 11) is 0. The Labute approximate surface area is 217 Å². The highest BCUT2D eigenvalue weighted by atomic mass is 16.6. The fourth-order valence-electron chi connectivity index (χ4n) is 7.11. The van der Waals surface area contributed by atoms with Gasteiger partial charge in [0.2, 0.25) is 0 Å². The first-order valence-corrected chi connectivity index (χ1v) is 15.8. The molecule has 1 heterocycles. The highest BCUT2D eigenvalue weighted by Crippen LogP contribution is 2.60. The van der Waals surface area contributed by atoms with E-state index in [1.165, 1.54) is 109 Å². The van der Waals surface area contributed by atoms with Gasteiger partial charge in [0.25, 0.3) is 0 Å². The molecule has 2 aliphatic rings. The molecule has 35 heavy (non-hydrogen) atoms. The lowest BCUT2D eigenvalue weighted by Crippen LogP contribution is -2.46.